The van der Waals surface area contributed by atoms with Gasteiger partial charge in [0.15, 0.2) is 0 Å². The largest absolute Gasteiger partial charge is 0.342 e. The van der Waals surface area contributed by atoms with Crippen molar-refractivity contribution < 1.29 is 14.0 Å². The smallest absolute Gasteiger partial charge is 0.255 e. The van der Waals surface area contributed by atoms with Crippen LogP contribution in [0.1, 0.15) is 48.0 Å². The van der Waals surface area contributed by atoms with Crippen LogP contribution in [0.2, 0.25) is 0 Å². The van der Waals surface area contributed by atoms with Crippen molar-refractivity contribution in [2.24, 2.45) is 0 Å². The van der Waals surface area contributed by atoms with Gasteiger partial charge in [-0.1, -0.05) is 43.5 Å². The molecule has 0 spiro atoms. The van der Waals surface area contributed by atoms with Gasteiger partial charge in [0.1, 0.15) is 5.82 Å². The summed E-state index contributed by atoms with van der Waals surface area (Å²) in [5.74, 6) is 0.0144. The SMILES string of the molecule is CN(Cc1ccc(F)cc1)C(=O)c1ccccc1SCC(=O)N(C)C1CCCCC1. The van der Waals surface area contributed by atoms with Crippen LogP contribution in [0, 0.1) is 5.82 Å². The third-order valence-corrected chi connectivity index (χ3v) is 6.72. The van der Waals surface area contributed by atoms with Crippen LogP contribution in [0.4, 0.5) is 4.39 Å². The summed E-state index contributed by atoms with van der Waals surface area (Å²) in [6.45, 7) is 0.390. The molecule has 0 atom stereocenters. The fourth-order valence-corrected chi connectivity index (χ4v) is 4.79. The van der Waals surface area contributed by atoms with Gasteiger partial charge in [-0.15, -0.1) is 11.8 Å². The minimum Gasteiger partial charge on any atom is -0.342 e. The Kier molecular flexibility index (Phi) is 7.91. The zero-order valence-corrected chi connectivity index (χ0v) is 18.5. The molecular formula is C24H29FN2O2S. The first-order valence-electron chi connectivity index (χ1n) is 10.4. The highest BCUT2D eigenvalue weighted by atomic mass is 32.2. The Balaban J connectivity index is 1.62. The van der Waals surface area contributed by atoms with E-state index in [1.165, 1.54) is 43.2 Å². The third-order valence-electron chi connectivity index (χ3n) is 5.66. The number of carbonyl (C=O) groups is 2. The molecule has 2 aromatic carbocycles. The van der Waals surface area contributed by atoms with Gasteiger partial charge in [-0.05, 0) is 42.7 Å². The molecule has 0 unspecified atom stereocenters. The lowest BCUT2D eigenvalue weighted by atomic mass is 9.94. The minimum atomic E-state index is -0.294. The van der Waals surface area contributed by atoms with Crippen LogP contribution in [-0.2, 0) is 11.3 Å². The van der Waals surface area contributed by atoms with Crippen molar-refractivity contribution in [1.82, 2.24) is 9.80 Å². The molecule has 1 aliphatic rings. The van der Waals surface area contributed by atoms with Crippen LogP contribution in [0.15, 0.2) is 53.4 Å². The molecule has 0 saturated heterocycles. The number of carbonyl (C=O) groups excluding carboxylic acids is 2. The summed E-state index contributed by atoms with van der Waals surface area (Å²) in [5.41, 5.74) is 1.45. The van der Waals surface area contributed by atoms with E-state index >= 15 is 0 Å². The molecule has 2 aromatic rings. The van der Waals surface area contributed by atoms with Crippen molar-refractivity contribution in [1.29, 1.82) is 0 Å². The molecule has 1 aliphatic carbocycles. The van der Waals surface area contributed by atoms with Gasteiger partial charge in [0.05, 0.1) is 11.3 Å². The highest BCUT2D eigenvalue weighted by Gasteiger charge is 2.23. The van der Waals surface area contributed by atoms with Crippen LogP contribution < -0.4 is 0 Å². The van der Waals surface area contributed by atoms with Gasteiger partial charge >= 0.3 is 0 Å². The molecule has 160 valence electrons. The molecule has 0 bridgehead atoms. The number of rotatable bonds is 7. The summed E-state index contributed by atoms with van der Waals surface area (Å²) in [7, 11) is 3.63. The van der Waals surface area contributed by atoms with E-state index in [-0.39, 0.29) is 17.6 Å². The fraction of sp³-hybridized carbons (Fsp3) is 0.417. The summed E-state index contributed by atoms with van der Waals surface area (Å²) in [4.78, 5) is 30.0. The zero-order chi connectivity index (χ0) is 21.5. The van der Waals surface area contributed by atoms with Crippen molar-refractivity contribution in [2.45, 2.75) is 49.6 Å². The first-order chi connectivity index (χ1) is 14.5. The first-order valence-corrected chi connectivity index (χ1v) is 11.4. The summed E-state index contributed by atoms with van der Waals surface area (Å²) in [6, 6.07) is 13.9. The number of nitrogens with zero attached hydrogens (tertiary/aromatic N) is 2. The van der Waals surface area contributed by atoms with Gasteiger partial charge in [0.2, 0.25) is 5.91 Å². The van der Waals surface area contributed by atoms with Gasteiger partial charge in [-0.2, -0.15) is 0 Å². The van der Waals surface area contributed by atoms with Gasteiger partial charge in [-0.3, -0.25) is 9.59 Å². The first kappa shape index (κ1) is 22.3. The lowest BCUT2D eigenvalue weighted by Gasteiger charge is -2.31. The monoisotopic (exact) mass is 428 g/mol. The summed E-state index contributed by atoms with van der Waals surface area (Å²) in [5, 5.41) is 0. The van der Waals surface area contributed by atoms with Crippen molar-refractivity contribution in [2.75, 3.05) is 19.8 Å². The molecule has 0 radical (unpaired) electrons. The lowest BCUT2D eigenvalue weighted by Crippen LogP contribution is -2.39. The maximum absolute atomic E-state index is 13.1. The predicted octanol–water partition coefficient (Wildman–Crippen LogP) is 4.98. The number of amides is 2. The van der Waals surface area contributed by atoms with Gasteiger partial charge in [0.25, 0.3) is 5.91 Å². The van der Waals surface area contributed by atoms with Gasteiger partial charge < -0.3 is 9.80 Å². The summed E-state index contributed by atoms with van der Waals surface area (Å²) >= 11 is 1.41. The highest BCUT2D eigenvalue weighted by molar-refractivity contribution is 8.00. The number of thioether (sulfide) groups is 1. The van der Waals surface area contributed by atoms with E-state index in [0.29, 0.717) is 23.9 Å². The zero-order valence-electron chi connectivity index (χ0n) is 17.6. The Morgan fingerprint density at radius 2 is 1.67 bits per heavy atom. The van der Waals surface area contributed by atoms with Gasteiger partial charge in [-0.25, -0.2) is 4.39 Å². The second kappa shape index (κ2) is 10.6. The van der Waals surface area contributed by atoms with Crippen LogP contribution in [0.25, 0.3) is 0 Å². The Morgan fingerprint density at radius 3 is 2.37 bits per heavy atom. The normalized spacial score (nSPS) is 14.4. The Bertz CT molecular complexity index is 866. The Morgan fingerprint density at radius 1 is 1.00 bits per heavy atom. The average Bonchev–Trinajstić information content (AvgIpc) is 2.78. The number of benzene rings is 2. The molecule has 6 heteroatoms. The topological polar surface area (TPSA) is 40.6 Å². The Labute approximate surface area is 182 Å². The van der Waals surface area contributed by atoms with Crippen LogP contribution in [0.5, 0.6) is 0 Å². The molecule has 1 fully saturated rings. The molecule has 1 saturated carbocycles. The average molecular weight is 429 g/mol. The van der Waals surface area contributed by atoms with E-state index in [1.54, 1.807) is 30.1 Å². The van der Waals surface area contributed by atoms with E-state index in [0.717, 1.165) is 23.3 Å². The number of hydrogen-bond acceptors (Lipinski definition) is 3. The van der Waals surface area contributed by atoms with E-state index in [9.17, 15) is 14.0 Å². The van der Waals surface area contributed by atoms with Crippen molar-refractivity contribution in [3.8, 4) is 0 Å². The molecule has 0 aliphatic heterocycles. The maximum atomic E-state index is 13.1. The van der Waals surface area contributed by atoms with Crippen molar-refractivity contribution >= 4 is 23.6 Å². The van der Waals surface area contributed by atoms with Crippen LogP contribution in [0.3, 0.4) is 0 Å². The molecule has 0 aromatic heterocycles. The van der Waals surface area contributed by atoms with Gasteiger partial charge in [0, 0.05) is 31.6 Å². The third kappa shape index (κ3) is 5.85. The lowest BCUT2D eigenvalue weighted by molar-refractivity contribution is -0.129. The summed E-state index contributed by atoms with van der Waals surface area (Å²) in [6.07, 6.45) is 5.79. The molecule has 2 amide bonds. The predicted molar refractivity (Wildman–Crippen MR) is 119 cm³/mol. The molecule has 0 heterocycles. The van der Waals surface area contributed by atoms with Crippen LogP contribution in [-0.4, -0.2) is 47.5 Å². The second-order valence-electron chi connectivity index (χ2n) is 7.87. The Hall–Kier alpha value is -2.34. The van der Waals surface area contributed by atoms with E-state index in [1.807, 2.05) is 30.1 Å². The molecule has 4 nitrogen and oxygen atoms in total. The standard InChI is InChI=1S/C24H29FN2O2S/c1-26(16-18-12-14-19(25)15-13-18)24(29)21-10-6-7-11-22(21)30-17-23(28)27(2)20-8-4-3-5-9-20/h6-7,10-15,20H,3-5,8-9,16-17H2,1-2H3. The van der Waals surface area contributed by atoms with E-state index < -0.39 is 0 Å². The molecule has 30 heavy (non-hydrogen) atoms. The van der Waals surface area contributed by atoms with Crippen molar-refractivity contribution in [3.05, 3.63) is 65.5 Å². The van der Waals surface area contributed by atoms with E-state index in [4.69, 9.17) is 0 Å². The minimum absolute atomic E-state index is 0.105. The molecular weight excluding hydrogens is 399 g/mol. The van der Waals surface area contributed by atoms with Crippen molar-refractivity contribution in [3.63, 3.8) is 0 Å². The number of halogens is 1. The van der Waals surface area contributed by atoms with E-state index in [2.05, 4.69) is 0 Å². The molecule has 3 rings (SSSR count). The summed E-state index contributed by atoms with van der Waals surface area (Å²) < 4.78 is 13.1. The molecule has 0 N–H and O–H groups in total. The fourth-order valence-electron chi connectivity index (χ4n) is 3.82. The maximum Gasteiger partial charge on any atom is 0.255 e. The second-order valence-corrected chi connectivity index (χ2v) is 8.89. The van der Waals surface area contributed by atoms with Crippen LogP contribution >= 0.6 is 11.8 Å². The number of hydrogen-bond donors (Lipinski definition) is 0. The quantitative estimate of drug-likeness (QED) is 0.584. The highest BCUT2D eigenvalue weighted by Crippen LogP contribution is 2.26.